The second-order valence-corrected chi connectivity index (χ2v) is 4.74. The van der Waals surface area contributed by atoms with E-state index in [0.29, 0.717) is 6.61 Å². The lowest BCUT2D eigenvalue weighted by Crippen LogP contribution is -2.45. The normalized spacial score (nSPS) is 29.7. The van der Waals surface area contributed by atoms with Gasteiger partial charge in [0.1, 0.15) is 0 Å². The summed E-state index contributed by atoms with van der Waals surface area (Å²) in [5, 5.41) is 0. The van der Waals surface area contributed by atoms with E-state index < -0.39 is 0 Å². The zero-order valence-corrected chi connectivity index (χ0v) is 9.91. The van der Waals surface area contributed by atoms with Crippen molar-refractivity contribution in [2.24, 2.45) is 5.92 Å². The minimum atomic E-state index is -0.0710. The summed E-state index contributed by atoms with van der Waals surface area (Å²) >= 11 is 0. The number of ketones is 1. The van der Waals surface area contributed by atoms with Gasteiger partial charge >= 0.3 is 0 Å². The molecule has 2 aliphatic heterocycles. The first kappa shape index (κ1) is 11.8. The van der Waals surface area contributed by atoms with Crippen molar-refractivity contribution < 1.29 is 14.3 Å². The van der Waals surface area contributed by atoms with E-state index in [1.54, 1.807) is 6.08 Å². The molecule has 16 heavy (non-hydrogen) atoms. The molecule has 0 aromatic heterocycles. The Kier molecular flexibility index (Phi) is 3.77. The monoisotopic (exact) mass is 224 g/mol. The van der Waals surface area contributed by atoms with Gasteiger partial charge in [0.05, 0.1) is 5.60 Å². The Balaban J connectivity index is 2.00. The Labute approximate surface area is 96.8 Å². The predicted molar refractivity (Wildman–Crippen MR) is 61.3 cm³/mol. The fourth-order valence-electron chi connectivity index (χ4n) is 2.66. The lowest BCUT2D eigenvalue weighted by Gasteiger charge is -2.42. The minimum Gasteiger partial charge on any atom is -0.381 e. The minimum absolute atomic E-state index is 0.0710. The lowest BCUT2D eigenvalue weighted by molar-refractivity contribution is -0.154. The second-order valence-electron chi connectivity index (χ2n) is 4.74. The third-order valence-corrected chi connectivity index (χ3v) is 3.63. The van der Waals surface area contributed by atoms with Crippen LogP contribution in [-0.2, 0) is 14.3 Å². The van der Waals surface area contributed by atoms with Crippen LogP contribution in [0.2, 0.25) is 0 Å². The second kappa shape index (κ2) is 5.11. The van der Waals surface area contributed by atoms with Crippen LogP contribution in [0, 0.1) is 5.92 Å². The standard InChI is InChI=1S/C13H20O3/c1-2-3-12(14)11-4-7-16-13(10-11)5-8-15-9-6-13/h2-3,11H,4-10H2,1H3/b3-2+. The summed E-state index contributed by atoms with van der Waals surface area (Å²) in [4.78, 5) is 11.9. The maximum atomic E-state index is 11.9. The molecule has 0 aromatic rings. The van der Waals surface area contributed by atoms with E-state index in [2.05, 4.69) is 0 Å². The van der Waals surface area contributed by atoms with Crippen molar-refractivity contribution in [3.8, 4) is 0 Å². The molecule has 0 saturated carbocycles. The van der Waals surface area contributed by atoms with E-state index >= 15 is 0 Å². The highest BCUT2D eigenvalue weighted by molar-refractivity contribution is 5.91. The molecular weight excluding hydrogens is 204 g/mol. The Morgan fingerprint density at radius 2 is 2.06 bits per heavy atom. The fraction of sp³-hybridized carbons (Fsp3) is 0.769. The molecule has 1 spiro atoms. The number of rotatable bonds is 2. The number of ether oxygens (including phenoxy) is 2. The summed E-state index contributed by atoms with van der Waals surface area (Å²) < 4.78 is 11.3. The summed E-state index contributed by atoms with van der Waals surface area (Å²) in [5.74, 6) is 0.416. The van der Waals surface area contributed by atoms with Gasteiger partial charge in [0.2, 0.25) is 0 Å². The molecule has 1 unspecified atom stereocenters. The van der Waals surface area contributed by atoms with Crippen molar-refractivity contribution in [1.82, 2.24) is 0 Å². The van der Waals surface area contributed by atoms with E-state index in [-0.39, 0.29) is 17.3 Å². The summed E-state index contributed by atoms with van der Waals surface area (Å²) in [7, 11) is 0. The topological polar surface area (TPSA) is 35.5 Å². The molecule has 0 amide bonds. The van der Waals surface area contributed by atoms with Gasteiger partial charge < -0.3 is 9.47 Å². The fourth-order valence-corrected chi connectivity index (χ4v) is 2.66. The van der Waals surface area contributed by atoms with Gasteiger partial charge in [-0.3, -0.25) is 4.79 Å². The number of hydrogen-bond acceptors (Lipinski definition) is 3. The van der Waals surface area contributed by atoms with Crippen LogP contribution in [0.5, 0.6) is 0 Å². The highest BCUT2D eigenvalue weighted by Crippen LogP contribution is 2.37. The maximum absolute atomic E-state index is 11.9. The number of hydrogen-bond donors (Lipinski definition) is 0. The largest absolute Gasteiger partial charge is 0.381 e. The molecule has 2 heterocycles. The molecule has 0 aromatic carbocycles. The van der Waals surface area contributed by atoms with Crippen LogP contribution in [0.1, 0.15) is 32.6 Å². The SMILES string of the molecule is C/C=C/C(=O)C1CCOC2(CCOCC2)C1. The molecule has 0 bridgehead atoms. The van der Waals surface area contributed by atoms with Crippen molar-refractivity contribution in [2.75, 3.05) is 19.8 Å². The summed E-state index contributed by atoms with van der Waals surface area (Å²) in [6.45, 7) is 4.14. The van der Waals surface area contributed by atoms with Crippen LogP contribution >= 0.6 is 0 Å². The molecule has 2 fully saturated rings. The van der Waals surface area contributed by atoms with Gasteiger partial charge in [-0.1, -0.05) is 6.08 Å². The van der Waals surface area contributed by atoms with Gasteiger partial charge in [0.15, 0.2) is 5.78 Å². The van der Waals surface area contributed by atoms with Crippen molar-refractivity contribution in [3.63, 3.8) is 0 Å². The van der Waals surface area contributed by atoms with Crippen LogP contribution in [0.15, 0.2) is 12.2 Å². The van der Waals surface area contributed by atoms with Crippen LogP contribution < -0.4 is 0 Å². The van der Waals surface area contributed by atoms with Gasteiger partial charge in [-0.05, 0) is 38.7 Å². The summed E-state index contributed by atoms with van der Waals surface area (Å²) in [5.41, 5.74) is -0.0710. The van der Waals surface area contributed by atoms with E-state index in [4.69, 9.17) is 9.47 Å². The van der Waals surface area contributed by atoms with E-state index in [1.165, 1.54) is 0 Å². The van der Waals surface area contributed by atoms with Gasteiger partial charge in [0.25, 0.3) is 0 Å². The third-order valence-electron chi connectivity index (χ3n) is 3.63. The third kappa shape index (κ3) is 2.53. The average molecular weight is 224 g/mol. The predicted octanol–water partition coefficient (Wildman–Crippen LogP) is 2.11. The Hall–Kier alpha value is -0.670. The number of carbonyl (C=O) groups is 1. The average Bonchev–Trinajstić information content (AvgIpc) is 2.30. The van der Waals surface area contributed by atoms with Crippen LogP contribution in [0.3, 0.4) is 0 Å². The first-order valence-electron chi connectivity index (χ1n) is 6.14. The van der Waals surface area contributed by atoms with Crippen molar-refractivity contribution in [1.29, 1.82) is 0 Å². The van der Waals surface area contributed by atoms with Crippen molar-refractivity contribution >= 4 is 5.78 Å². The van der Waals surface area contributed by atoms with Gasteiger partial charge in [-0.2, -0.15) is 0 Å². The maximum Gasteiger partial charge on any atom is 0.158 e. The molecular formula is C13H20O3. The summed E-state index contributed by atoms with van der Waals surface area (Å²) in [6, 6.07) is 0. The Bertz CT molecular complexity index is 271. The Morgan fingerprint density at radius 1 is 1.31 bits per heavy atom. The van der Waals surface area contributed by atoms with Crippen LogP contribution in [0.4, 0.5) is 0 Å². The molecule has 0 aliphatic carbocycles. The van der Waals surface area contributed by atoms with Crippen LogP contribution in [0.25, 0.3) is 0 Å². The van der Waals surface area contributed by atoms with Gasteiger partial charge in [0, 0.05) is 25.7 Å². The van der Waals surface area contributed by atoms with Crippen LogP contribution in [-0.4, -0.2) is 31.2 Å². The van der Waals surface area contributed by atoms with Gasteiger partial charge in [-0.15, -0.1) is 0 Å². The zero-order chi connectivity index (χ0) is 11.4. The molecule has 1 atom stereocenters. The van der Waals surface area contributed by atoms with Gasteiger partial charge in [-0.25, -0.2) is 0 Å². The molecule has 90 valence electrons. The molecule has 3 nitrogen and oxygen atoms in total. The Morgan fingerprint density at radius 3 is 2.75 bits per heavy atom. The first-order chi connectivity index (χ1) is 7.76. The first-order valence-corrected chi connectivity index (χ1v) is 6.14. The van der Waals surface area contributed by atoms with Crippen molar-refractivity contribution in [3.05, 3.63) is 12.2 Å². The molecule has 2 aliphatic rings. The highest BCUT2D eigenvalue weighted by atomic mass is 16.5. The highest BCUT2D eigenvalue weighted by Gasteiger charge is 2.40. The molecule has 2 rings (SSSR count). The quantitative estimate of drug-likeness (QED) is 0.674. The number of allylic oxidation sites excluding steroid dienone is 2. The molecule has 0 radical (unpaired) electrons. The zero-order valence-electron chi connectivity index (χ0n) is 9.91. The van der Waals surface area contributed by atoms with Crippen molar-refractivity contribution in [2.45, 2.75) is 38.2 Å². The smallest absolute Gasteiger partial charge is 0.158 e. The molecule has 0 N–H and O–H groups in total. The van der Waals surface area contributed by atoms with E-state index in [1.807, 2.05) is 13.0 Å². The summed E-state index contributed by atoms with van der Waals surface area (Å²) in [6.07, 6.45) is 7.14. The van der Waals surface area contributed by atoms with E-state index in [0.717, 1.165) is 38.9 Å². The molecule has 3 heteroatoms. The molecule has 2 saturated heterocycles. The van der Waals surface area contributed by atoms with E-state index in [9.17, 15) is 4.79 Å². The lowest BCUT2D eigenvalue weighted by atomic mass is 9.79. The number of carbonyl (C=O) groups excluding carboxylic acids is 1.